The van der Waals surface area contributed by atoms with Crippen LogP contribution in [0.5, 0.6) is 0 Å². The van der Waals surface area contributed by atoms with Crippen LogP contribution in [0.2, 0.25) is 0 Å². The predicted octanol–water partition coefficient (Wildman–Crippen LogP) is 6.06. The van der Waals surface area contributed by atoms with Gasteiger partial charge in [0.25, 0.3) is 0 Å². The summed E-state index contributed by atoms with van der Waals surface area (Å²) in [5.74, 6) is -2.59. The topological polar surface area (TPSA) is 133 Å². The Labute approximate surface area is 232 Å². The Morgan fingerprint density at radius 2 is 0.973 bits per heavy atom. The van der Waals surface area contributed by atoms with E-state index in [1.165, 1.54) is 34.8 Å². The normalized spacial score (nSPS) is 10.4. The van der Waals surface area contributed by atoms with Crippen LogP contribution in [0.4, 0.5) is 11.4 Å². The van der Waals surface area contributed by atoms with Gasteiger partial charge >= 0.3 is 11.9 Å². The number of aromatic carboxylic acids is 2. The third-order valence-electron chi connectivity index (χ3n) is 4.44. The molecule has 0 fully saturated rings. The average Bonchev–Trinajstić information content (AvgIpc) is 3.61. The minimum absolute atomic E-state index is 0. The maximum atomic E-state index is 11.7. The first-order valence-electron chi connectivity index (χ1n) is 10.2. The fraction of sp³-hybridized carbons (Fsp3) is 0. The minimum Gasteiger partial charge on any atom is -0.478 e. The van der Waals surface area contributed by atoms with Crippen molar-refractivity contribution in [3.8, 4) is 0 Å². The van der Waals surface area contributed by atoms with E-state index in [9.17, 15) is 19.2 Å². The first-order chi connectivity index (χ1) is 17.4. The molecular weight excluding hydrogens is 566 g/mol. The van der Waals surface area contributed by atoms with Crippen LogP contribution in [0.3, 0.4) is 0 Å². The Hall–Kier alpha value is -3.92. The molecule has 0 aliphatic carbocycles. The van der Waals surface area contributed by atoms with Crippen LogP contribution >= 0.6 is 22.7 Å². The van der Waals surface area contributed by atoms with Crippen molar-refractivity contribution in [3.63, 3.8) is 0 Å². The number of carboxylic acids is 2. The summed E-state index contributed by atoms with van der Waals surface area (Å²) in [7, 11) is 0. The monoisotopic (exact) mass is 582 g/mol. The van der Waals surface area contributed by atoms with Crippen molar-refractivity contribution >= 4 is 70.0 Å². The van der Waals surface area contributed by atoms with Gasteiger partial charge in [-0.15, -0.1) is 22.7 Å². The molecule has 2 aromatic carbocycles. The van der Waals surface area contributed by atoms with Crippen LogP contribution in [-0.4, -0.2) is 46.1 Å². The summed E-state index contributed by atoms with van der Waals surface area (Å²) >= 11 is 2.64. The van der Waals surface area contributed by atoms with Crippen molar-refractivity contribution < 1.29 is 48.9 Å². The van der Waals surface area contributed by atoms with Crippen LogP contribution in [-0.2, 0) is 19.5 Å². The van der Waals surface area contributed by atoms with Gasteiger partial charge in [-0.05, 0) is 47.2 Å². The molecule has 0 saturated heterocycles. The van der Waals surface area contributed by atoms with E-state index in [0.717, 1.165) is 12.4 Å². The molecule has 37 heavy (non-hydrogen) atoms. The zero-order chi connectivity index (χ0) is 25.9. The summed E-state index contributed by atoms with van der Waals surface area (Å²) in [6.07, 6.45) is 2.29. The second-order valence-electron chi connectivity index (χ2n) is 6.84. The number of nitrogens with zero attached hydrogens (tertiary/aromatic N) is 2. The number of Topliss-reactive ketones (excluding diaryl/α,β-unsaturated/α-hetero) is 2. The molecule has 0 spiro atoms. The first-order valence-corrected chi connectivity index (χ1v) is 12.0. The number of aliphatic imine (C=N–C) groups is 2. The van der Waals surface area contributed by atoms with E-state index in [1.807, 2.05) is 0 Å². The van der Waals surface area contributed by atoms with Crippen molar-refractivity contribution in [1.82, 2.24) is 0 Å². The largest absolute Gasteiger partial charge is 0.478 e. The summed E-state index contributed by atoms with van der Waals surface area (Å²) in [5.41, 5.74) is 0.699. The van der Waals surface area contributed by atoms with Crippen LogP contribution in [0, 0.1) is 0 Å². The fourth-order valence-electron chi connectivity index (χ4n) is 2.76. The summed E-state index contributed by atoms with van der Waals surface area (Å²) in [6, 6.07) is 19.5. The van der Waals surface area contributed by atoms with E-state index < -0.39 is 11.9 Å². The zero-order valence-corrected chi connectivity index (χ0v) is 23.8. The number of ketones is 2. The Balaban J connectivity index is 0.000000253. The fourth-order valence-corrected chi connectivity index (χ4v) is 4.01. The molecule has 0 amide bonds. The number of benzene rings is 2. The molecule has 0 atom stereocenters. The number of hydrogen-bond donors (Lipinski definition) is 2. The van der Waals surface area contributed by atoms with Crippen LogP contribution in [0.1, 0.15) is 40.1 Å². The van der Waals surface area contributed by atoms with Gasteiger partial charge in [-0.1, -0.05) is 36.4 Å². The second-order valence-corrected chi connectivity index (χ2v) is 8.74. The summed E-state index contributed by atoms with van der Waals surface area (Å²) < 4.78 is 0. The molecule has 0 radical (unpaired) electrons. The van der Waals surface area contributed by atoms with Crippen LogP contribution < -0.4 is 0 Å². The molecule has 8 nitrogen and oxygen atoms in total. The minimum atomic E-state index is -1.06. The standard InChI is InChI=1S/2C13H9NO3S.Zn/c2*15-11(12-6-3-7-18-12)8-14-10-5-2-1-4-9(10)13(16)17;/h2*1-8H,(H,16,17);. The van der Waals surface area contributed by atoms with Crippen molar-refractivity contribution in [1.29, 1.82) is 0 Å². The van der Waals surface area contributed by atoms with E-state index in [1.54, 1.807) is 71.4 Å². The number of thiophene rings is 2. The van der Waals surface area contributed by atoms with E-state index in [2.05, 4.69) is 9.98 Å². The number of para-hydroxylation sites is 2. The molecule has 2 heterocycles. The zero-order valence-electron chi connectivity index (χ0n) is 19.2. The molecule has 0 aliphatic rings. The molecule has 0 bridgehead atoms. The SMILES string of the molecule is O=C(C=Nc1ccccc1C(=O)O)c1cccs1.O=C(C=Nc1ccccc1C(=O)O)c1cccs1.[Zn]. The Morgan fingerprint density at radius 3 is 1.30 bits per heavy atom. The number of carbonyl (C=O) groups is 4. The average molecular weight is 584 g/mol. The van der Waals surface area contributed by atoms with Gasteiger partial charge in [-0.25, -0.2) is 9.59 Å². The summed E-state index contributed by atoms with van der Waals surface area (Å²) in [5, 5.41) is 21.5. The quantitative estimate of drug-likeness (QED) is 0.147. The van der Waals surface area contributed by atoms with Gasteiger partial charge in [0.15, 0.2) is 0 Å². The molecule has 4 aromatic rings. The number of rotatable bonds is 8. The maximum absolute atomic E-state index is 11.7. The molecule has 0 unspecified atom stereocenters. The van der Waals surface area contributed by atoms with Gasteiger partial charge in [0.1, 0.15) is 0 Å². The smallest absolute Gasteiger partial charge is 0.337 e. The molecule has 11 heteroatoms. The van der Waals surface area contributed by atoms with E-state index in [4.69, 9.17) is 10.2 Å². The van der Waals surface area contributed by atoms with Gasteiger partial charge < -0.3 is 10.2 Å². The predicted molar refractivity (Wildman–Crippen MR) is 140 cm³/mol. The van der Waals surface area contributed by atoms with Crippen LogP contribution in [0.15, 0.2) is 93.5 Å². The van der Waals surface area contributed by atoms with Crippen molar-refractivity contribution in [2.45, 2.75) is 0 Å². The van der Waals surface area contributed by atoms with Crippen molar-refractivity contribution in [2.24, 2.45) is 9.98 Å². The van der Waals surface area contributed by atoms with Gasteiger partial charge in [-0.3, -0.25) is 19.6 Å². The van der Waals surface area contributed by atoms with Gasteiger partial charge in [0, 0.05) is 19.5 Å². The molecule has 0 aliphatic heterocycles. The molecule has 0 saturated carbocycles. The van der Waals surface area contributed by atoms with E-state index in [-0.39, 0.29) is 53.5 Å². The molecular formula is C26H18N2O6S2Zn. The Bertz CT molecular complexity index is 1320. The first kappa shape index (κ1) is 29.3. The second kappa shape index (κ2) is 14.6. The van der Waals surface area contributed by atoms with Gasteiger partial charge in [-0.2, -0.15) is 0 Å². The van der Waals surface area contributed by atoms with Gasteiger partial charge in [0.2, 0.25) is 11.6 Å². The Kier molecular flexibility index (Phi) is 11.6. The van der Waals surface area contributed by atoms with Crippen LogP contribution in [0.25, 0.3) is 0 Å². The van der Waals surface area contributed by atoms with Gasteiger partial charge in [0.05, 0.1) is 44.7 Å². The molecule has 2 aromatic heterocycles. The number of hydrogen-bond acceptors (Lipinski definition) is 8. The third kappa shape index (κ3) is 8.61. The summed E-state index contributed by atoms with van der Waals surface area (Å²) in [4.78, 5) is 54.2. The maximum Gasteiger partial charge on any atom is 0.337 e. The summed E-state index contributed by atoms with van der Waals surface area (Å²) in [6.45, 7) is 0. The van der Waals surface area contributed by atoms with E-state index >= 15 is 0 Å². The molecule has 182 valence electrons. The van der Waals surface area contributed by atoms with Crippen molar-refractivity contribution in [3.05, 3.63) is 104 Å². The Morgan fingerprint density at radius 1 is 0.595 bits per heavy atom. The number of carboxylic acid groups (broad SMARTS) is 2. The molecule has 2 N–H and O–H groups in total. The molecule has 4 rings (SSSR count). The third-order valence-corrected chi connectivity index (χ3v) is 6.21. The number of carbonyl (C=O) groups excluding carboxylic acids is 2. The van der Waals surface area contributed by atoms with E-state index in [0.29, 0.717) is 9.75 Å². The van der Waals surface area contributed by atoms with Crippen molar-refractivity contribution in [2.75, 3.05) is 0 Å².